The molecule has 38 heavy (non-hydrogen) atoms. The van der Waals surface area contributed by atoms with E-state index < -0.39 is 43.4 Å². The van der Waals surface area contributed by atoms with Gasteiger partial charge >= 0.3 is 12.3 Å². The lowest BCUT2D eigenvalue weighted by Crippen LogP contribution is -2.49. The number of anilines is 1. The molecule has 212 valence electrons. The number of alkyl halides is 3. The summed E-state index contributed by atoms with van der Waals surface area (Å²) in [6, 6.07) is 5.93. The second-order valence-corrected chi connectivity index (χ2v) is 12.5. The number of piperazine rings is 1. The number of benzene rings is 1. The first-order valence-electron chi connectivity index (χ1n) is 12.6. The minimum Gasteiger partial charge on any atom is -0.465 e. The standard InChI is InChI=1S/C20H29F3N2O3S.C5H6N2O2/c1-14(2)24-8-10-25(11-9-24)15-4-7-19(18(12-15)20(21,22)23)29(26,27)17-6-5-16(13-17)28-3;6-3-5(1-2-5)7-4(8)9/h4,7,12,14,16-17H,5-6,8-11,13H2,1-3H3;7H,1-2H2,(H,8,9)/t16-,17-;/m1./s1. The molecule has 0 unspecified atom stereocenters. The first-order chi connectivity index (χ1) is 17.7. The molecule has 4 rings (SSSR count). The van der Waals surface area contributed by atoms with Crippen LogP contribution >= 0.6 is 0 Å². The van der Waals surface area contributed by atoms with Crippen molar-refractivity contribution in [2.45, 2.75) is 80.0 Å². The van der Waals surface area contributed by atoms with Gasteiger partial charge in [0.15, 0.2) is 9.84 Å². The van der Waals surface area contributed by atoms with Gasteiger partial charge in [-0.3, -0.25) is 4.90 Å². The summed E-state index contributed by atoms with van der Waals surface area (Å²) < 4.78 is 72.6. The second kappa shape index (κ2) is 11.7. The molecular weight excluding hydrogens is 525 g/mol. The van der Waals surface area contributed by atoms with Crippen molar-refractivity contribution in [2.75, 3.05) is 38.2 Å². The molecule has 1 heterocycles. The number of nitrogens with one attached hydrogen (secondary N) is 1. The van der Waals surface area contributed by atoms with Crippen molar-refractivity contribution in [2.24, 2.45) is 0 Å². The number of nitrogens with zero attached hydrogens (tertiary/aromatic N) is 3. The van der Waals surface area contributed by atoms with Crippen LogP contribution in [0.5, 0.6) is 0 Å². The Morgan fingerprint density at radius 1 is 1.21 bits per heavy atom. The van der Waals surface area contributed by atoms with Crippen LogP contribution in [0.15, 0.2) is 23.1 Å². The van der Waals surface area contributed by atoms with E-state index in [4.69, 9.17) is 15.1 Å². The lowest BCUT2D eigenvalue weighted by molar-refractivity contribution is -0.139. The van der Waals surface area contributed by atoms with Gasteiger partial charge in [-0.25, -0.2) is 13.2 Å². The van der Waals surface area contributed by atoms with E-state index in [2.05, 4.69) is 24.1 Å². The van der Waals surface area contributed by atoms with E-state index in [-0.39, 0.29) is 12.5 Å². The van der Waals surface area contributed by atoms with E-state index in [1.54, 1.807) is 0 Å². The highest BCUT2D eigenvalue weighted by molar-refractivity contribution is 7.92. The van der Waals surface area contributed by atoms with Crippen LogP contribution < -0.4 is 10.2 Å². The molecule has 0 spiro atoms. The summed E-state index contributed by atoms with van der Waals surface area (Å²) in [7, 11) is -2.60. The molecule has 0 bridgehead atoms. The summed E-state index contributed by atoms with van der Waals surface area (Å²) in [6.45, 7) is 6.93. The van der Waals surface area contributed by atoms with Gasteiger partial charge in [0.25, 0.3) is 0 Å². The van der Waals surface area contributed by atoms with E-state index in [9.17, 15) is 26.4 Å². The Labute approximate surface area is 221 Å². The molecule has 2 N–H and O–H groups in total. The van der Waals surface area contributed by atoms with Gasteiger partial charge in [-0.05, 0) is 64.2 Å². The molecule has 1 saturated heterocycles. The highest BCUT2D eigenvalue weighted by atomic mass is 32.2. The van der Waals surface area contributed by atoms with Crippen LogP contribution in [0.2, 0.25) is 0 Å². The van der Waals surface area contributed by atoms with E-state index in [0.717, 1.165) is 25.2 Å². The minimum absolute atomic E-state index is 0.222. The zero-order valence-corrected chi connectivity index (χ0v) is 22.6. The number of sulfone groups is 1. The van der Waals surface area contributed by atoms with E-state index in [0.29, 0.717) is 50.5 Å². The first kappa shape index (κ1) is 30.0. The Balaban J connectivity index is 0.000000375. The fourth-order valence-electron chi connectivity index (χ4n) is 4.85. The van der Waals surface area contributed by atoms with Gasteiger partial charge in [0.05, 0.1) is 27.9 Å². The molecule has 1 aromatic carbocycles. The van der Waals surface area contributed by atoms with Crippen LogP contribution in [0.1, 0.15) is 51.5 Å². The number of carboxylic acid groups (broad SMARTS) is 1. The fraction of sp³-hybridized carbons (Fsp3) is 0.680. The Morgan fingerprint density at radius 2 is 1.84 bits per heavy atom. The monoisotopic (exact) mass is 560 g/mol. The smallest absolute Gasteiger partial charge is 0.417 e. The first-order valence-corrected chi connectivity index (χ1v) is 14.2. The van der Waals surface area contributed by atoms with Crippen LogP contribution in [-0.2, 0) is 20.8 Å². The summed E-state index contributed by atoms with van der Waals surface area (Å²) in [6.07, 6.45) is -3.69. The van der Waals surface area contributed by atoms with Gasteiger partial charge in [-0.1, -0.05) is 0 Å². The molecule has 2 aliphatic carbocycles. The van der Waals surface area contributed by atoms with Crippen molar-refractivity contribution in [3.05, 3.63) is 23.8 Å². The second-order valence-electron chi connectivity index (χ2n) is 10.3. The Hall–Kier alpha value is -2.56. The topological polar surface area (TPSA) is 123 Å². The molecule has 9 nitrogen and oxygen atoms in total. The normalized spacial score (nSPS) is 23.4. The van der Waals surface area contributed by atoms with Crippen LogP contribution in [-0.4, -0.2) is 80.7 Å². The summed E-state index contributed by atoms with van der Waals surface area (Å²) >= 11 is 0. The largest absolute Gasteiger partial charge is 0.465 e. The highest BCUT2D eigenvalue weighted by Gasteiger charge is 2.45. The Kier molecular flexibility index (Phi) is 9.21. The number of rotatable bonds is 6. The minimum atomic E-state index is -4.74. The molecule has 1 amide bonds. The maximum absolute atomic E-state index is 13.8. The molecule has 1 aromatic rings. The van der Waals surface area contributed by atoms with Gasteiger partial charge in [0.1, 0.15) is 5.54 Å². The van der Waals surface area contributed by atoms with Gasteiger partial charge < -0.3 is 20.1 Å². The van der Waals surface area contributed by atoms with Crippen molar-refractivity contribution in [1.29, 1.82) is 5.26 Å². The molecule has 2 saturated carbocycles. The third kappa shape index (κ3) is 7.09. The van der Waals surface area contributed by atoms with Crippen LogP contribution in [0.4, 0.5) is 23.7 Å². The van der Waals surface area contributed by atoms with Gasteiger partial charge in [0, 0.05) is 45.0 Å². The number of hydrogen-bond acceptors (Lipinski definition) is 7. The molecule has 0 aromatic heterocycles. The van der Waals surface area contributed by atoms with E-state index in [1.807, 2.05) is 11.0 Å². The van der Waals surface area contributed by atoms with Gasteiger partial charge in [0.2, 0.25) is 0 Å². The predicted molar refractivity (Wildman–Crippen MR) is 135 cm³/mol. The average molecular weight is 561 g/mol. The fourth-order valence-corrected chi connectivity index (χ4v) is 6.86. The number of halogens is 3. The third-order valence-electron chi connectivity index (χ3n) is 7.40. The quantitative estimate of drug-likeness (QED) is 0.537. The van der Waals surface area contributed by atoms with Crippen molar-refractivity contribution in [3.8, 4) is 6.07 Å². The number of hydrogen-bond donors (Lipinski definition) is 2. The SMILES string of the molecule is CO[C@@H]1CC[C@@H](S(=O)(=O)c2ccc(N3CCN(C(C)C)CC3)cc2C(F)(F)F)C1.N#CC1(NC(=O)O)CC1. The average Bonchev–Trinajstić information content (AvgIpc) is 3.45. The van der Waals surface area contributed by atoms with Gasteiger partial charge in [-0.15, -0.1) is 0 Å². The molecule has 3 fully saturated rings. The number of ether oxygens (including phenoxy) is 1. The summed E-state index contributed by atoms with van der Waals surface area (Å²) in [4.78, 5) is 13.5. The lowest BCUT2D eigenvalue weighted by Gasteiger charge is -2.38. The van der Waals surface area contributed by atoms with Crippen LogP contribution in [0, 0.1) is 11.3 Å². The lowest BCUT2D eigenvalue weighted by atomic mass is 10.1. The van der Waals surface area contributed by atoms with Crippen molar-refractivity contribution in [1.82, 2.24) is 10.2 Å². The molecule has 1 aliphatic heterocycles. The highest BCUT2D eigenvalue weighted by Crippen LogP contribution is 2.40. The van der Waals surface area contributed by atoms with Crippen LogP contribution in [0.25, 0.3) is 0 Å². The van der Waals surface area contributed by atoms with E-state index in [1.165, 1.54) is 13.2 Å². The van der Waals surface area contributed by atoms with Crippen molar-refractivity contribution < 1.29 is 36.2 Å². The molecule has 13 heteroatoms. The molecule has 3 aliphatic rings. The number of methoxy groups -OCH3 is 1. The van der Waals surface area contributed by atoms with Gasteiger partial charge in [-0.2, -0.15) is 18.4 Å². The maximum Gasteiger partial charge on any atom is 0.417 e. The van der Waals surface area contributed by atoms with Crippen molar-refractivity contribution >= 4 is 21.6 Å². The Bertz CT molecular complexity index is 1140. The molecular formula is C25H35F3N4O5S. The molecule has 0 radical (unpaired) electrons. The zero-order valence-electron chi connectivity index (χ0n) is 21.8. The molecule has 2 atom stereocenters. The maximum atomic E-state index is 13.8. The summed E-state index contributed by atoms with van der Waals surface area (Å²) in [5, 5.41) is 17.8. The zero-order chi connectivity index (χ0) is 28.3. The predicted octanol–water partition coefficient (Wildman–Crippen LogP) is 3.89. The number of nitriles is 1. The van der Waals surface area contributed by atoms with Crippen LogP contribution in [0.3, 0.4) is 0 Å². The number of amides is 1. The van der Waals surface area contributed by atoms with Crippen molar-refractivity contribution in [3.63, 3.8) is 0 Å². The Morgan fingerprint density at radius 3 is 2.26 bits per heavy atom. The number of carbonyl (C=O) groups is 1. The van der Waals surface area contributed by atoms with E-state index >= 15 is 0 Å². The summed E-state index contributed by atoms with van der Waals surface area (Å²) in [5.74, 6) is 0. The summed E-state index contributed by atoms with van der Waals surface area (Å²) in [5.41, 5.74) is -1.38. The third-order valence-corrected chi connectivity index (χ3v) is 9.68.